The first-order valence-electron chi connectivity index (χ1n) is 6.37. The summed E-state index contributed by atoms with van der Waals surface area (Å²) < 4.78 is 0. The Balaban J connectivity index is 2.91. The first-order chi connectivity index (χ1) is 8.21. The van der Waals surface area contributed by atoms with Crippen LogP contribution in [0.25, 0.3) is 0 Å². The van der Waals surface area contributed by atoms with E-state index in [-0.39, 0.29) is 17.4 Å². The van der Waals surface area contributed by atoms with E-state index in [1.54, 1.807) is 0 Å². The molecule has 0 aliphatic heterocycles. The number of carbonyl (C=O) groups excluding carboxylic acids is 1. The highest BCUT2D eigenvalue weighted by Gasteiger charge is 2.28. The van der Waals surface area contributed by atoms with E-state index in [1.807, 2.05) is 63.8 Å². The van der Waals surface area contributed by atoms with Crippen LogP contribution in [-0.2, 0) is 11.3 Å². The van der Waals surface area contributed by atoms with Crippen LogP contribution in [0.1, 0.15) is 40.2 Å². The van der Waals surface area contributed by atoms with E-state index in [9.17, 15) is 4.79 Å². The lowest BCUT2D eigenvalue weighted by atomic mass is 9.93. The van der Waals surface area contributed by atoms with Crippen LogP contribution in [0, 0.1) is 5.41 Å². The molecule has 0 atom stereocenters. The number of nitrogen functional groups attached to an aromatic ring is 1. The van der Waals surface area contributed by atoms with Crippen molar-refractivity contribution in [1.29, 1.82) is 0 Å². The zero-order valence-electron chi connectivity index (χ0n) is 12.0. The van der Waals surface area contributed by atoms with Crippen LogP contribution in [0.3, 0.4) is 0 Å². The lowest BCUT2D eigenvalue weighted by Gasteiger charge is -2.33. The van der Waals surface area contributed by atoms with Gasteiger partial charge < -0.3 is 10.6 Å². The number of rotatable bonds is 3. The molecule has 0 aliphatic rings. The minimum absolute atomic E-state index is 0.167. The number of nitrogens with two attached hydrogens (primary N) is 1. The zero-order valence-corrected chi connectivity index (χ0v) is 12.0. The smallest absolute Gasteiger partial charge is 0.228 e. The Morgan fingerprint density at radius 2 is 1.94 bits per heavy atom. The second kappa shape index (κ2) is 5.42. The topological polar surface area (TPSA) is 46.3 Å². The average Bonchev–Trinajstić information content (AvgIpc) is 2.23. The third-order valence-electron chi connectivity index (χ3n) is 2.83. The third kappa shape index (κ3) is 3.76. The Morgan fingerprint density at radius 3 is 2.39 bits per heavy atom. The standard InChI is InChI=1S/C15H24N2O/c1-11(2)17(14(18)15(3,4)5)10-12-7-6-8-13(16)9-12/h6-9,11H,10,16H2,1-5H3. The average molecular weight is 248 g/mol. The van der Waals surface area contributed by atoms with Gasteiger partial charge in [-0.2, -0.15) is 0 Å². The molecule has 1 rings (SSSR count). The van der Waals surface area contributed by atoms with Crippen LogP contribution in [-0.4, -0.2) is 16.8 Å². The molecule has 3 heteroatoms. The summed E-state index contributed by atoms with van der Waals surface area (Å²) >= 11 is 0. The van der Waals surface area contributed by atoms with E-state index in [4.69, 9.17) is 5.73 Å². The first-order valence-corrected chi connectivity index (χ1v) is 6.37. The maximum Gasteiger partial charge on any atom is 0.228 e. The van der Waals surface area contributed by atoms with E-state index >= 15 is 0 Å². The molecule has 100 valence electrons. The van der Waals surface area contributed by atoms with Crippen molar-refractivity contribution in [2.24, 2.45) is 5.41 Å². The summed E-state index contributed by atoms with van der Waals surface area (Å²) in [5.41, 5.74) is 7.22. The number of anilines is 1. The fourth-order valence-electron chi connectivity index (χ4n) is 1.81. The maximum atomic E-state index is 12.4. The molecule has 0 fully saturated rings. The van der Waals surface area contributed by atoms with Crippen molar-refractivity contribution < 1.29 is 4.79 Å². The Bertz CT molecular complexity index is 419. The van der Waals surface area contributed by atoms with Gasteiger partial charge in [0.05, 0.1) is 0 Å². The number of carbonyl (C=O) groups is 1. The molecule has 1 amide bonds. The molecule has 0 unspecified atom stereocenters. The number of hydrogen-bond acceptors (Lipinski definition) is 2. The summed E-state index contributed by atoms with van der Waals surface area (Å²) in [5.74, 6) is 0.167. The van der Waals surface area contributed by atoms with Crippen LogP contribution in [0.15, 0.2) is 24.3 Å². The van der Waals surface area contributed by atoms with Gasteiger partial charge in [0.2, 0.25) is 5.91 Å². The molecule has 18 heavy (non-hydrogen) atoms. The van der Waals surface area contributed by atoms with Crippen molar-refractivity contribution >= 4 is 11.6 Å². The molecule has 0 aromatic heterocycles. The zero-order chi connectivity index (χ0) is 13.9. The van der Waals surface area contributed by atoms with E-state index in [0.29, 0.717) is 6.54 Å². The minimum atomic E-state index is -0.357. The largest absolute Gasteiger partial charge is 0.399 e. The summed E-state index contributed by atoms with van der Waals surface area (Å²) in [4.78, 5) is 14.3. The fourth-order valence-corrected chi connectivity index (χ4v) is 1.81. The number of nitrogens with zero attached hydrogens (tertiary/aromatic N) is 1. The highest BCUT2D eigenvalue weighted by molar-refractivity contribution is 5.81. The molecular formula is C15H24N2O. The SMILES string of the molecule is CC(C)N(Cc1cccc(N)c1)C(=O)C(C)(C)C. The molecule has 0 heterocycles. The van der Waals surface area contributed by atoms with Gasteiger partial charge in [-0.1, -0.05) is 32.9 Å². The Morgan fingerprint density at radius 1 is 1.33 bits per heavy atom. The van der Waals surface area contributed by atoms with E-state index in [1.165, 1.54) is 0 Å². The van der Waals surface area contributed by atoms with Crippen molar-refractivity contribution in [3.05, 3.63) is 29.8 Å². The van der Waals surface area contributed by atoms with Crippen LogP contribution < -0.4 is 5.73 Å². The van der Waals surface area contributed by atoms with Gasteiger partial charge in [-0.3, -0.25) is 4.79 Å². The van der Waals surface area contributed by atoms with Gasteiger partial charge in [0.25, 0.3) is 0 Å². The maximum absolute atomic E-state index is 12.4. The van der Waals surface area contributed by atoms with Crippen molar-refractivity contribution in [3.8, 4) is 0 Å². The number of benzene rings is 1. The molecule has 0 bridgehead atoms. The molecule has 1 aromatic rings. The second-order valence-electron chi connectivity index (χ2n) is 6.02. The van der Waals surface area contributed by atoms with E-state index < -0.39 is 0 Å². The van der Waals surface area contributed by atoms with E-state index in [2.05, 4.69) is 0 Å². The predicted molar refractivity (Wildman–Crippen MR) is 76.0 cm³/mol. The fraction of sp³-hybridized carbons (Fsp3) is 0.533. The Labute approximate surface area is 110 Å². The van der Waals surface area contributed by atoms with Crippen molar-refractivity contribution in [2.45, 2.75) is 47.2 Å². The van der Waals surface area contributed by atoms with Crippen LogP contribution in [0.2, 0.25) is 0 Å². The Kier molecular flexibility index (Phi) is 4.38. The molecule has 3 nitrogen and oxygen atoms in total. The molecule has 0 spiro atoms. The van der Waals surface area contributed by atoms with Gasteiger partial charge in [-0.25, -0.2) is 0 Å². The lowest BCUT2D eigenvalue weighted by Crippen LogP contribution is -2.43. The Hall–Kier alpha value is -1.51. The van der Waals surface area contributed by atoms with Gasteiger partial charge in [-0.15, -0.1) is 0 Å². The first kappa shape index (κ1) is 14.6. The summed E-state index contributed by atoms with van der Waals surface area (Å²) in [6.07, 6.45) is 0. The lowest BCUT2D eigenvalue weighted by molar-refractivity contribution is -0.142. The van der Waals surface area contributed by atoms with Crippen molar-refractivity contribution in [3.63, 3.8) is 0 Å². The van der Waals surface area contributed by atoms with Gasteiger partial charge in [-0.05, 0) is 31.5 Å². The van der Waals surface area contributed by atoms with Gasteiger partial charge in [0, 0.05) is 23.7 Å². The van der Waals surface area contributed by atoms with Gasteiger partial charge in [0.15, 0.2) is 0 Å². The molecule has 0 saturated carbocycles. The summed E-state index contributed by atoms with van der Waals surface area (Å²) in [6, 6.07) is 7.88. The van der Waals surface area contributed by atoms with Crippen LogP contribution >= 0.6 is 0 Å². The van der Waals surface area contributed by atoms with E-state index in [0.717, 1.165) is 11.3 Å². The molecule has 2 N–H and O–H groups in total. The van der Waals surface area contributed by atoms with Crippen LogP contribution in [0.4, 0.5) is 5.69 Å². The third-order valence-corrected chi connectivity index (χ3v) is 2.83. The summed E-state index contributed by atoms with van der Waals surface area (Å²) in [6.45, 7) is 10.5. The van der Waals surface area contributed by atoms with Gasteiger partial charge in [0.1, 0.15) is 0 Å². The normalized spacial score (nSPS) is 11.7. The quantitative estimate of drug-likeness (QED) is 0.836. The highest BCUT2D eigenvalue weighted by atomic mass is 16.2. The minimum Gasteiger partial charge on any atom is -0.399 e. The van der Waals surface area contributed by atoms with Crippen LogP contribution in [0.5, 0.6) is 0 Å². The molecule has 1 aromatic carbocycles. The molecule has 0 saturated heterocycles. The number of hydrogen-bond donors (Lipinski definition) is 1. The summed E-state index contributed by atoms with van der Waals surface area (Å²) in [5, 5.41) is 0. The highest BCUT2D eigenvalue weighted by Crippen LogP contribution is 2.21. The second-order valence-corrected chi connectivity index (χ2v) is 6.02. The molecule has 0 radical (unpaired) electrons. The predicted octanol–water partition coefficient (Wildman–Crippen LogP) is 3.05. The molecular weight excluding hydrogens is 224 g/mol. The van der Waals surface area contributed by atoms with Crippen molar-refractivity contribution in [1.82, 2.24) is 4.90 Å². The molecule has 0 aliphatic carbocycles. The monoisotopic (exact) mass is 248 g/mol. The summed E-state index contributed by atoms with van der Waals surface area (Å²) in [7, 11) is 0. The van der Waals surface area contributed by atoms with Gasteiger partial charge >= 0.3 is 0 Å². The van der Waals surface area contributed by atoms with Crippen molar-refractivity contribution in [2.75, 3.05) is 5.73 Å². The number of amides is 1.